The van der Waals surface area contributed by atoms with Gasteiger partial charge in [0.25, 0.3) is 0 Å². The largest absolute Gasteiger partial charge is 0.492 e. The van der Waals surface area contributed by atoms with E-state index in [1.54, 1.807) is 13.8 Å². The van der Waals surface area contributed by atoms with Gasteiger partial charge in [-0.1, -0.05) is 18.2 Å². The van der Waals surface area contributed by atoms with Gasteiger partial charge in [-0.25, -0.2) is 8.42 Å². The Hall–Kier alpha value is -1.07. The molecule has 21 heavy (non-hydrogen) atoms. The van der Waals surface area contributed by atoms with Gasteiger partial charge in [-0.2, -0.15) is 0 Å². The topological polar surface area (TPSA) is 55.4 Å². The van der Waals surface area contributed by atoms with Crippen molar-refractivity contribution in [2.24, 2.45) is 0 Å². The van der Waals surface area contributed by atoms with Crippen molar-refractivity contribution >= 4 is 9.84 Å². The van der Waals surface area contributed by atoms with E-state index in [2.05, 4.69) is 26.1 Å². The molecule has 0 aliphatic heterocycles. The van der Waals surface area contributed by atoms with E-state index in [0.29, 0.717) is 6.54 Å². The Morgan fingerprint density at radius 1 is 1.19 bits per heavy atom. The van der Waals surface area contributed by atoms with Crippen molar-refractivity contribution in [2.45, 2.75) is 52.0 Å². The summed E-state index contributed by atoms with van der Waals surface area (Å²) in [5.41, 5.74) is 1.06. The molecular weight excluding hydrogens is 286 g/mol. The summed E-state index contributed by atoms with van der Waals surface area (Å²) in [6.07, 6.45) is 0. The van der Waals surface area contributed by atoms with Crippen LogP contribution in [0.15, 0.2) is 24.3 Å². The zero-order chi connectivity index (χ0) is 16.1. The van der Waals surface area contributed by atoms with E-state index in [-0.39, 0.29) is 23.1 Å². The molecular formula is C16H27NO3S. The maximum Gasteiger partial charge on any atom is 0.155 e. The van der Waals surface area contributed by atoms with Crippen LogP contribution in [-0.2, 0) is 16.4 Å². The first kappa shape index (κ1) is 18.0. The Labute approximate surface area is 128 Å². The van der Waals surface area contributed by atoms with Gasteiger partial charge in [-0.15, -0.1) is 0 Å². The Morgan fingerprint density at radius 3 is 2.38 bits per heavy atom. The Bertz CT molecular complexity index is 545. The summed E-state index contributed by atoms with van der Waals surface area (Å²) < 4.78 is 29.2. The van der Waals surface area contributed by atoms with Gasteiger partial charge >= 0.3 is 0 Å². The smallest absolute Gasteiger partial charge is 0.155 e. The Morgan fingerprint density at radius 2 is 1.81 bits per heavy atom. The van der Waals surface area contributed by atoms with Gasteiger partial charge in [0.05, 0.1) is 11.0 Å². The third kappa shape index (κ3) is 6.48. The Balaban J connectivity index is 2.64. The van der Waals surface area contributed by atoms with Crippen LogP contribution in [0.3, 0.4) is 0 Å². The summed E-state index contributed by atoms with van der Waals surface area (Å²) in [5.74, 6) is 0.791. The standard InChI is InChI=1S/C16H27NO3S/c1-13(2)21(18,19)11-10-20-15-9-7-6-8-14(15)12-17-16(3,4)5/h6-9,13,17H,10-12H2,1-5H3. The summed E-state index contributed by atoms with van der Waals surface area (Å²) in [4.78, 5) is 0. The molecule has 0 fully saturated rings. The molecule has 1 aromatic carbocycles. The van der Waals surface area contributed by atoms with Crippen LogP contribution in [0.4, 0.5) is 0 Å². The molecule has 1 N–H and O–H groups in total. The van der Waals surface area contributed by atoms with Crippen molar-refractivity contribution in [3.8, 4) is 5.75 Å². The van der Waals surface area contributed by atoms with Gasteiger partial charge in [-0.05, 0) is 40.7 Å². The fourth-order valence-corrected chi connectivity index (χ4v) is 2.44. The molecule has 0 saturated carbocycles. The molecule has 1 rings (SSSR count). The predicted octanol–water partition coefficient (Wildman–Crippen LogP) is 2.78. The van der Waals surface area contributed by atoms with Gasteiger partial charge in [0, 0.05) is 17.6 Å². The van der Waals surface area contributed by atoms with Gasteiger partial charge in [-0.3, -0.25) is 0 Å². The van der Waals surface area contributed by atoms with Crippen LogP contribution < -0.4 is 10.1 Å². The maximum atomic E-state index is 11.8. The lowest BCUT2D eigenvalue weighted by atomic mass is 10.1. The fraction of sp³-hybridized carbons (Fsp3) is 0.625. The normalized spacial score (nSPS) is 12.7. The van der Waals surface area contributed by atoms with E-state index in [4.69, 9.17) is 4.74 Å². The van der Waals surface area contributed by atoms with E-state index >= 15 is 0 Å². The zero-order valence-electron chi connectivity index (χ0n) is 13.6. The molecule has 0 spiro atoms. The molecule has 0 amide bonds. The molecule has 0 aliphatic rings. The molecule has 0 radical (unpaired) electrons. The van der Waals surface area contributed by atoms with Crippen LogP contribution in [0.1, 0.15) is 40.2 Å². The second-order valence-electron chi connectivity index (χ2n) is 6.48. The minimum atomic E-state index is -3.06. The molecule has 4 nitrogen and oxygen atoms in total. The summed E-state index contributed by atoms with van der Waals surface area (Å²) in [6, 6.07) is 7.72. The number of nitrogens with one attached hydrogen (secondary N) is 1. The summed E-state index contributed by atoms with van der Waals surface area (Å²) >= 11 is 0. The molecule has 120 valence electrons. The van der Waals surface area contributed by atoms with Crippen molar-refractivity contribution in [1.82, 2.24) is 5.32 Å². The van der Waals surface area contributed by atoms with E-state index in [1.807, 2.05) is 24.3 Å². The highest BCUT2D eigenvalue weighted by Gasteiger charge is 2.16. The van der Waals surface area contributed by atoms with E-state index in [0.717, 1.165) is 11.3 Å². The number of hydrogen-bond acceptors (Lipinski definition) is 4. The number of hydrogen-bond donors (Lipinski definition) is 1. The quantitative estimate of drug-likeness (QED) is 0.841. The number of ether oxygens (including phenoxy) is 1. The van der Waals surface area contributed by atoms with Gasteiger partial charge < -0.3 is 10.1 Å². The average molecular weight is 313 g/mol. The highest BCUT2D eigenvalue weighted by molar-refractivity contribution is 7.91. The molecule has 0 saturated heterocycles. The number of rotatable bonds is 7. The Kier molecular flexibility index (Phi) is 6.23. The lowest BCUT2D eigenvalue weighted by Crippen LogP contribution is -2.35. The van der Waals surface area contributed by atoms with Crippen LogP contribution in [0, 0.1) is 0 Å². The molecule has 1 aromatic rings. The summed E-state index contributed by atoms with van der Waals surface area (Å²) in [6.45, 7) is 10.6. The molecule has 0 unspecified atom stereocenters. The molecule has 0 aliphatic carbocycles. The van der Waals surface area contributed by atoms with E-state index in [9.17, 15) is 8.42 Å². The maximum absolute atomic E-state index is 11.8. The number of sulfone groups is 1. The van der Waals surface area contributed by atoms with Crippen molar-refractivity contribution in [2.75, 3.05) is 12.4 Å². The van der Waals surface area contributed by atoms with Crippen molar-refractivity contribution in [3.63, 3.8) is 0 Å². The highest BCUT2D eigenvalue weighted by atomic mass is 32.2. The third-order valence-electron chi connectivity index (χ3n) is 3.13. The van der Waals surface area contributed by atoms with Crippen LogP contribution >= 0.6 is 0 Å². The minimum absolute atomic E-state index is 0.0219. The van der Waals surface area contributed by atoms with Gasteiger partial charge in [0.2, 0.25) is 0 Å². The molecule has 0 atom stereocenters. The number of benzene rings is 1. The van der Waals surface area contributed by atoms with Crippen LogP contribution in [0.5, 0.6) is 5.75 Å². The summed E-state index contributed by atoms with van der Waals surface area (Å²) in [7, 11) is -3.06. The first-order chi connectivity index (χ1) is 9.62. The van der Waals surface area contributed by atoms with Gasteiger partial charge in [0.15, 0.2) is 9.84 Å². The molecule has 0 heterocycles. The van der Waals surface area contributed by atoms with E-state index < -0.39 is 9.84 Å². The zero-order valence-corrected chi connectivity index (χ0v) is 14.5. The second kappa shape index (κ2) is 7.27. The van der Waals surface area contributed by atoms with Crippen molar-refractivity contribution in [3.05, 3.63) is 29.8 Å². The van der Waals surface area contributed by atoms with Crippen LogP contribution in [0.2, 0.25) is 0 Å². The van der Waals surface area contributed by atoms with E-state index in [1.165, 1.54) is 0 Å². The third-order valence-corrected chi connectivity index (χ3v) is 5.30. The minimum Gasteiger partial charge on any atom is -0.492 e. The molecule has 0 aromatic heterocycles. The average Bonchev–Trinajstić information content (AvgIpc) is 2.36. The SMILES string of the molecule is CC(C)S(=O)(=O)CCOc1ccccc1CNC(C)(C)C. The number of para-hydroxylation sites is 1. The monoisotopic (exact) mass is 313 g/mol. The lowest BCUT2D eigenvalue weighted by molar-refractivity contribution is 0.332. The first-order valence-electron chi connectivity index (χ1n) is 7.29. The van der Waals surface area contributed by atoms with Crippen LogP contribution in [-0.4, -0.2) is 31.6 Å². The van der Waals surface area contributed by atoms with Crippen molar-refractivity contribution in [1.29, 1.82) is 0 Å². The highest BCUT2D eigenvalue weighted by Crippen LogP contribution is 2.19. The second-order valence-corrected chi connectivity index (χ2v) is 9.15. The molecule has 0 bridgehead atoms. The first-order valence-corrected chi connectivity index (χ1v) is 9.01. The lowest BCUT2D eigenvalue weighted by Gasteiger charge is -2.21. The fourth-order valence-electron chi connectivity index (χ4n) is 1.65. The summed E-state index contributed by atoms with van der Waals surface area (Å²) in [5, 5.41) is 3.04. The van der Waals surface area contributed by atoms with Gasteiger partial charge in [0.1, 0.15) is 12.4 Å². The molecule has 5 heteroatoms. The van der Waals surface area contributed by atoms with Crippen molar-refractivity contribution < 1.29 is 13.2 Å². The predicted molar refractivity (Wildman–Crippen MR) is 87.5 cm³/mol. The van der Waals surface area contributed by atoms with Crippen LogP contribution in [0.25, 0.3) is 0 Å².